The highest BCUT2D eigenvalue weighted by Gasteiger charge is 2.62. The largest absolute Gasteiger partial charge is 0.390 e. The van der Waals surface area contributed by atoms with Gasteiger partial charge >= 0.3 is 0 Å². The van der Waals surface area contributed by atoms with Crippen LogP contribution >= 0.6 is 0 Å². The number of Topliss-reactive ketones (excluding diaryl/α,β-unsaturated/α-hetero) is 1. The summed E-state index contributed by atoms with van der Waals surface area (Å²) in [5.74, 6) is 3.22. The van der Waals surface area contributed by atoms with Crippen LogP contribution in [0.2, 0.25) is 0 Å². The third kappa shape index (κ3) is 3.28. The predicted octanol–water partition coefficient (Wildman–Crippen LogP) is 5.12. The van der Waals surface area contributed by atoms with Crippen LogP contribution in [-0.4, -0.2) is 26.3 Å². The fraction of sp³-hybridized carbons (Fsp3) is 0.815. The summed E-state index contributed by atoms with van der Waals surface area (Å²) >= 11 is 0. The van der Waals surface area contributed by atoms with Crippen molar-refractivity contribution in [3.8, 4) is 6.07 Å². The Kier molecular flexibility index (Phi) is 5.32. The first kappa shape index (κ1) is 22.1. The van der Waals surface area contributed by atoms with E-state index >= 15 is 0 Å². The van der Waals surface area contributed by atoms with Gasteiger partial charge in [0, 0.05) is 12.1 Å². The second kappa shape index (κ2) is 7.69. The number of aromatic nitrogens is 2. The van der Waals surface area contributed by atoms with Gasteiger partial charge in [-0.15, -0.1) is 0 Å². The molecule has 4 aliphatic rings. The Morgan fingerprint density at radius 1 is 1.19 bits per heavy atom. The number of nitrogens with zero attached hydrogens (tertiary/aromatic N) is 3. The quantitative estimate of drug-likeness (QED) is 0.709. The van der Waals surface area contributed by atoms with Gasteiger partial charge in [0.1, 0.15) is 6.07 Å². The smallest absolute Gasteiger partial charge is 0.162 e. The molecule has 32 heavy (non-hydrogen) atoms. The lowest BCUT2D eigenvalue weighted by Crippen LogP contribution is -2.56. The molecule has 0 saturated heterocycles. The van der Waals surface area contributed by atoms with E-state index in [2.05, 4.69) is 25.0 Å². The molecule has 0 unspecified atom stereocenters. The number of hydrogen-bond donors (Lipinski definition) is 1. The van der Waals surface area contributed by atoms with Gasteiger partial charge in [0.2, 0.25) is 0 Å². The van der Waals surface area contributed by atoms with Crippen molar-refractivity contribution in [2.45, 2.75) is 97.1 Å². The van der Waals surface area contributed by atoms with E-state index in [1.54, 1.807) is 16.9 Å². The van der Waals surface area contributed by atoms with Crippen molar-refractivity contribution in [1.82, 2.24) is 9.78 Å². The van der Waals surface area contributed by atoms with Crippen molar-refractivity contribution in [3.05, 3.63) is 18.0 Å². The van der Waals surface area contributed by atoms with Gasteiger partial charge in [-0.25, -0.2) is 0 Å². The standard InChI is InChI=1S/C27H39N3O2/c1-4-27-13-12-25(2,32)15-18(27)5-6-20-21-7-8-23(26(21,3)11-9-22(20)27)24(31)17-30-14-10-19(16-28)29-30/h10,14,18,20-23,32H,4-9,11-13,15,17H2,1-3H3/t18-,20-,21-,22-,23+,25+,26-,27-/m0/s1. The van der Waals surface area contributed by atoms with E-state index in [4.69, 9.17) is 5.26 Å². The van der Waals surface area contributed by atoms with E-state index in [1.165, 1.54) is 38.5 Å². The topological polar surface area (TPSA) is 78.9 Å². The molecular weight excluding hydrogens is 398 g/mol. The number of nitriles is 1. The van der Waals surface area contributed by atoms with Crippen molar-refractivity contribution < 1.29 is 9.90 Å². The SMILES string of the molecule is CC[C@]12CC[C@@](C)(O)C[C@@H]1CC[C@H]1[C@@H]3CC[C@H](C(=O)Cn4ccc(C#N)n4)[C@@]3(C)CC[C@@H]12. The number of rotatable bonds is 4. The van der Waals surface area contributed by atoms with Gasteiger partial charge in [0.05, 0.1) is 12.1 Å². The minimum atomic E-state index is -0.484. The van der Waals surface area contributed by atoms with E-state index in [0.29, 0.717) is 35.3 Å². The Hall–Kier alpha value is -1.67. The first-order chi connectivity index (χ1) is 15.2. The van der Waals surface area contributed by atoms with Gasteiger partial charge in [-0.05, 0) is 112 Å². The Morgan fingerprint density at radius 3 is 2.72 bits per heavy atom. The molecule has 1 aromatic heterocycles. The molecule has 1 aromatic rings. The zero-order valence-corrected chi connectivity index (χ0v) is 20.0. The van der Waals surface area contributed by atoms with Crippen LogP contribution in [0.15, 0.2) is 12.3 Å². The van der Waals surface area contributed by atoms with E-state index in [0.717, 1.165) is 37.5 Å². The molecule has 0 aliphatic heterocycles. The molecule has 4 aliphatic carbocycles. The Balaban J connectivity index is 1.35. The van der Waals surface area contributed by atoms with Crippen LogP contribution in [0.4, 0.5) is 0 Å². The first-order valence-electron chi connectivity index (χ1n) is 12.9. The molecule has 0 aromatic carbocycles. The van der Waals surface area contributed by atoms with Crippen LogP contribution < -0.4 is 0 Å². The van der Waals surface area contributed by atoms with Crippen LogP contribution in [0.5, 0.6) is 0 Å². The molecule has 5 nitrogen and oxygen atoms in total. The fourth-order valence-corrected chi connectivity index (χ4v) is 9.25. The van der Waals surface area contributed by atoms with E-state index in [-0.39, 0.29) is 11.3 Å². The summed E-state index contributed by atoms with van der Waals surface area (Å²) in [4.78, 5) is 13.4. The van der Waals surface area contributed by atoms with Crippen molar-refractivity contribution in [2.24, 2.45) is 40.4 Å². The van der Waals surface area contributed by atoms with Gasteiger partial charge in [-0.2, -0.15) is 10.4 Å². The van der Waals surface area contributed by atoms with Crippen LogP contribution in [0, 0.1) is 51.8 Å². The highest BCUT2D eigenvalue weighted by molar-refractivity contribution is 5.82. The minimum Gasteiger partial charge on any atom is -0.390 e. The Bertz CT molecular complexity index is 930. The molecule has 1 heterocycles. The van der Waals surface area contributed by atoms with Gasteiger partial charge in [0.15, 0.2) is 11.5 Å². The lowest BCUT2D eigenvalue weighted by molar-refractivity contribution is -0.158. The summed E-state index contributed by atoms with van der Waals surface area (Å²) in [6.07, 6.45) is 13.2. The Labute approximate surface area is 192 Å². The highest BCUT2D eigenvalue weighted by atomic mass is 16.3. The van der Waals surface area contributed by atoms with E-state index in [9.17, 15) is 9.90 Å². The number of fused-ring (bicyclic) bond motifs is 5. The molecule has 5 rings (SSSR count). The monoisotopic (exact) mass is 437 g/mol. The van der Waals surface area contributed by atoms with Gasteiger partial charge in [-0.3, -0.25) is 9.48 Å². The molecule has 0 amide bonds. The van der Waals surface area contributed by atoms with Crippen molar-refractivity contribution in [3.63, 3.8) is 0 Å². The van der Waals surface area contributed by atoms with Crippen molar-refractivity contribution in [1.29, 1.82) is 5.26 Å². The maximum Gasteiger partial charge on any atom is 0.162 e. The van der Waals surface area contributed by atoms with Crippen LogP contribution in [0.25, 0.3) is 0 Å². The molecule has 4 saturated carbocycles. The molecular formula is C27H39N3O2. The maximum atomic E-state index is 13.4. The predicted molar refractivity (Wildman–Crippen MR) is 122 cm³/mol. The average molecular weight is 438 g/mol. The summed E-state index contributed by atoms with van der Waals surface area (Å²) < 4.78 is 1.65. The summed E-state index contributed by atoms with van der Waals surface area (Å²) in [6, 6.07) is 3.73. The molecule has 174 valence electrons. The normalized spacial score (nSPS) is 45.4. The average Bonchev–Trinajstić information content (AvgIpc) is 3.36. The summed E-state index contributed by atoms with van der Waals surface area (Å²) in [5, 5.41) is 24.0. The van der Waals surface area contributed by atoms with Crippen molar-refractivity contribution >= 4 is 5.78 Å². The summed E-state index contributed by atoms with van der Waals surface area (Å²) in [6.45, 7) is 7.13. The van der Waals surface area contributed by atoms with Crippen LogP contribution in [-0.2, 0) is 11.3 Å². The Morgan fingerprint density at radius 2 is 2.00 bits per heavy atom. The zero-order chi connectivity index (χ0) is 22.7. The van der Waals surface area contributed by atoms with Gasteiger partial charge in [0.25, 0.3) is 0 Å². The third-order valence-electron chi connectivity index (χ3n) is 10.8. The molecule has 4 fully saturated rings. The number of ketones is 1. The first-order valence-corrected chi connectivity index (χ1v) is 12.9. The minimum absolute atomic E-state index is 0.103. The van der Waals surface area contributed by atoms with Crippen LogP contribution in [0.3, 0.4) is 0 Å². The molecule has 5 heteroatoms. The zero-order valence-electron chi connectivity index (χ0n) is 20.0. The van der Waals surface area contributed by atoms with E-state index in [1.807, 2.05) is 6.92 Å². The lowest BCUT2D eigenvalue weighted by atomic mass is 9.42. The molecule has 1 N–H and O–H groups in total. The number of carbonyl (C=O) groups excluding carboxylic acids is 1. The van der Waals surface area contributed by atoms with Crippen molar-refractivity contribution in [2.75, 3.05) is 0 Å². The number of aliphatic hydroxyl groups is 1. The highest BCUT2D eigenvalue weighted by Crippen LogP contribution is 2.69. The molecule has 0 radical (unpaired) electrons. The van der Waals surface area contributed by atoms with Gasteiger partial charge < -0.3 is 5.11 Å². The second-order valence-corrected chi connectivity index (χ2v) is 12.1. The van der Waals surface area contributed by atoms with E-state index < -0.39 is 5.60 Å². The third-order valence-corrected chi connectivity index (χ3v) is 10.8. The number of hydrogen-bond acceptors (Lipinski definition) is 4. The van der Waals surface area contributed by atoms with Crippen LogP contribution in [0.1, 0.15) is 90.7 Å². The molecule has 0 spiro atoms. The van der Waals surface area contributed by atoms with Gasteiger partial charge in [-0.1, -0.05) is 13.8 Å². The fourth-order valence-electron chi connectivity index (χ4n) is 9.25. The maximum absolute atomic E-state index is 13.4. The summed E-state index contributed by atoms with van der Waals surface area (Å²) in [5.41, 5.74) is 0.395. The summed E-state index contributed by atoms with van der Waals surface area (Å²) in [7, 11) is 0. The molecule has 8 atom stereocenters. The number of carbonyl (C=O) groups is 1. The second-order valence-electron chi connectivity index (χ2n) is 12.1. The lowest BCUT2D eigenvalue weighted by Gasteiger charge is -2.63. The molecule has 0 bridgehead atoms.